The summed E-state index contributed by atoms with van der Waals surface area (Å²) >= 11 is 11.8. The summed E-state index contributed by atoms with van der Waals surface area (Å²) in [6.07, 6.45) is 0.289. The van der Waals surface area contributed by atoms with E-state index in [-0.39, 0.29) is 13.1 Å². The van der Waals surface area contributed by atoms with Crippen LogP contribution in [0.5, 0.6) is 0 Å². The van der Waals surface area contributed by atoms with Gasteiger partial charge in [-0.3, -0.25) is 0 Å². The van der Waals surface area contributed by atoms with Crippen LogP contribution < -0.4 is 10.0 Å². The monoisotopic (exact) mass is 326 g/mol. The summed E-state index contributed by atoms with van der Waals surface area (Å²) in [7, 11) is -3.18. The molecule has 1 atom stereocenters. The third-order valence-corrected chi connectivity index (χ3v) is 3.63. The Kier molecular flexibility index (Phi) is 6.52. The van der Waals surface area contributed by atoms with Gasteiger partial charge in [-0.25, -0.2) is 13.1 Å². The van der Waals surface area contributed by atoms with Crippen molar-refractivity contribution in [2.75, 3.05) is 25.9 Å². The molecule has 0 fully saturated rings. The van der Waals surface area contributed by atoms with Crippen LogP contribution in [-0.4, -0.2) is 39.4 Å². The van der Waals surface area contributed by atoms with Crippen LogP contribution in [0.1, 0.15) is 11.7 Å². The van der Waals surface area contributed by atoms with Crippen molar-refractivity contribution in [1.82, 2.24) is 10.0 Å². The van der Waals surface area contributed by atoms with Gasteiger partial charge in [-0.1, -0.05) is 23.2 Å². The number of aliphatic hydroxyl groups is 1. The quantitative estimate of drug-likeness (QED) is 0.657. The van der Waals surface area contributed by atoms with Crippen LogP contribution in [0.15, 0.2) is 18.2 Å². The molecule has 1 unspecified atom stereocenters. The lowest BCUT2D eigenvalue weighted by Crippen LogP contribution is -2.33. The fraction of sp³-hybridized carbons (Fsp3) is 0.455. The van der Waals surface area contributed by atoms with Gasteiger partial charge in [0.1, 0.15) is 0 Å². The van der Waals surface area contributed by atoms with Crippen molar-refractivity contribution in [1.29, 1.82) is 0 Å². The van der Waals surface area contributed by atoms with Gasteiger partial charge in [0, 0.05) is 35.2 Å². The highest BCUT2D eigenvalue weighted by atomic mass is 35.5. The van der Waals surface area contributed by atoms with Crippen LogP contribution in [0.3, 0.4) is 0 Å². The number of rotatable bonds is 7. The van der Waals surface area contributed by atoms with E-state index in [0.29, 0.717) is 22.2 Å². The Balaban J connectivity index is 2.39. The fourth-order valence-corrected chi connectivity index (χ4v) is 2.34. The van der Waals surface area contributed by atoms with Crippen molar-refractivity contribution < 1.29 is 13.5 Å². The summed E-state index contributed by atoms with van der Waals surface area (Å²) in [4.78, 5) is 0. The number of halogens is 2. The molecule has 5 nitrogen and oxygen atoms in total. The van der Waals surface area contributed by atoms with E-state index in [1.54, 1.807) is 18.2 Å². The van der Waals surface area contributed by atoms with E-state index in [9.17, 15) is 13.5 Å². The minimum Gasteiger partial charge on any atom is -0.387 e. The molecule has 0 aliphatic carbocycles. The smallest absolute Gasteiger partial charge is 0.208 e. The second-order valence-electron chi connectivity index (χ2n) is 4.05. The highest BCUT2D eigenvalue weighted by Crippen LogP contribution is 2.25. The van der Waals surface area contributed by atoms with Gasteiger partial charge in [0.25, 0.3) is 0 Å². The molecule has 19 heavy (non-hydrogen) atoms. The lowest BCUT2D eigenvalue weighted by atomic mass is 10.1. The minimum absolute atomic E-state index is 0.255. The molecule has 0 aliphatic heterocycles. The molecule has 0 aromatic heterocycles. The molecule has 0 spiro atoms. The Labute approximate surface area is 123 Å². The lowest BCUT2D eigenvalue weighted by molar-refractivity contribution is 0.175. The molecule has 1 aromatic carbocycles. The normalized spacial score (nSPS) is 13.5. The maximum Gasteiger partial charge on any atom is 0.208 e. The number of hydrogen-bond donors (Lipinski definition) is 3. The van der Waals surface area contributed by atoms with Gasteiger partial charge in [0.05, 0.1) is 12.4 Å². The number of aliphatic hydroxyl groups excluding tert-OH is 1. The standard InChI is InChI=1S/C11H16Cl2N2O3S/c1-19(17,18)15-5-4-14-7-11(16)9-6-8(12)2-3-10(9)13/h2-3,6,11,14-16H,4-5,7H2,1H3. The molecule has 0 heterocycles. The third-order valence-electron chi connectivity index (χ3n) is 2.32. The fourth-order valence-electron chi connectivity index (χ4n) is 1.44. The van der Waals surface area contributed by atoms with Crippen LogP contribution in [0.4, 0.5) is 0 Å². The van der Waals surface area contributed by atoms with Gasteiger partial charge in [-0.15, -0.1) is 0 Å². The first-order valence-corrected chi connectivity index (χ1v) is 8.22. The van der Waals surface area contributed by atoms with E-state index >= 15 is 0 Å². The summed E-state index contributed by atoms with van der Waals surface area (Å²) < 4.78 is 24.0. The number of hydrogen-bond acceptors (Lipinski definition) is 4. The first kappa shape index (κ1) is 16.7. The highest BCUT2D eigenvalue weighted by Gasteiger charge is 2.11. The molecule has 8 heteroatoms. The van der Waals surface area contributed by atoms with E-state index in [4.69, 9.17) is 23.2 Å². The number of nitrogens with one attached hydrogen (secondary N) is 2. The van der Waals surface area contributed by atoms with Crippen molar-refractivity contribution in [3.05, 3.63) is 33.8 Å². The summed E-state index contributed by atoms with van der Waals surface area (Å²) in [5.41, 5.74) is 0.540. The molecule has 0 radical (unpaired) electrons. The van der Waals surface area contributed by atoms with E-state index in [2.05, 4.69) is 10.0 Å². The van der Waals surface area contributed by atoms with Crippen LogP contribution in [0.25, 0.3) is 0 Å². The van der Waals surface area contributed by atoms with Crippen LogP contribution in [-0.2, 0) is 10.0 Å². The molecule has 1 aromatic rings. The molecule has 1 rings (SSSR count). The van der Waals surface area contributed by atoms with Crippen molar-refractivity contribution in [3.8, 4) is 0 Å². The van der Waals surface area contributed by atoms with Gasteiger partial charge >= 0.3 is 0 Å². The van der Waals surface area contributed by atoms with Crippen molar-refractivity contribution >= 4 is 33.2 Å². The van der Waals surface area contributed by atoms with E-state index in [1.807, 2.05) is 0 Å². The number of sulfonamides is 1. The first-order chi connectivity index (χ1) is 8.79. The Hall–Kier alpha value is -0.370. The maximum atomic E-state index is 10.8. The second-order valence-corrected chi connectivity index (χ2v) is 6.73. The van der Waals surface area contributed by atoms with Gasteiger partial charge in [0.2, 0.25) is 10.0 Å². The van der Waals surface area contributed by atoms with Gasteiger partial charge in [-0.05, 0) is 18.2 Å². The molecule has 0 saturated heterocycles. The van der Waals surface area contributed by atoms with Crippen LogP contribution in [0.2, 0.25) is 10.0 Å². The minimum atomic E-state index is -3.18. The van der Waals surface area contributed by atoms with Crippen molar-refractivity contribution in [3.63, 3.8) is 0 Å². The maximum absolute atomic E-state index is 10.8. The van der Waals surface area contributed by atoms with Gasteiger partial charge < -0.3 is 10.4 Å². The Morgan fingerprint density at radius 3 is 2.63 bits per heavy atom. The average molecular weight is 327 g/mol. The predicted octanol–water partition coefficient (Wildman–Crippen LogP) is 1.17. The molecule has 108 valence electrons. The predicted molar refractivity (Wildman–Crippen MR) is 77.1 cm³/mol. The lowest BCUT2D eigenvalue weighted by Gasteiger charge is -2.14. The zero-order valence-corrected chi connectivity index (χ0v) is 12.7. The summed E-state index contributed by atoms with van der Waals surface area (Å²) in [5.74, 6) is 0. The SMILES string of the molecule is CS(=O)(=O)NCCNCC(O)c1cc(Cl)ccc1Cl. The Bertz CT molecular complexity index is 523. The van der Waals surface area contributed by atoms with Gasteiger partial charge in [0.15, 0.2) is 0 Å². The zero-order valence-electron chi connectivity index (χ0n) is 10.4. The van der Waals surface area contributed by atoms with Crippen LogP contribution >= 0.6 is 23.2 Å². The second kappa shape index (κ2) is 7.42. The Morgan fingerprint density at radius 2 is 2.00 bits per heavy atom. The highest BCUT2D eigenvalue weighted by molar-refractivity contribution is 7.88. The molecular weight excluding hydrogens is 311 g/mol. The molecule has 0 saturated carbocycles. The average Bonchev–Trinajstić information content (AvgIpc) is 2.30. The molecule has 0 aliphatic rings. The largest absolute Gasteiger partial charge is 0.387 e. The third kappa shape index (κ3) is 6.56. The molecule has 3 N–H and O–H groups in total. The van der Waals surface area contributed by atoms with Crippen molar-refractivity contribution in [2.24, 2.45) is 0 Å². The van der Waals surface area contributed by atoms with Crippen molar-refractivity contribution in [2.45, 2.75) is 6.10 Å². The van der Waals surface area contributed by atoms with Gasteiger partial charge in [-0.2, -0.15) is 0 Å². The summed E-state index contributed by atoms with van der Waals surface area (Å²) in [6, 6.07) is 4.86. The van der Waals surface area contributed by atoms with E-state index < -0.39 is 16.1 Å². The summed E-state index contributed by atoms with van der Waals surface area (Å²) in [5, 5.41) is 13.8. The van der Waals surface area contributed by atoms with E-state index in [0.717, 1.165) is 6.26 Å². The van der Waals surface area contributed by atoms with Crippen LogP contribution in [0, 0.1) is 0 Å². The first-order valence-electron chi connectivity index (χ1n) is 5.58. The summed E-state index contributed by atoms with van der Waals surface area (Å²) in [6.45, 7) is 0.919. The molecular formula is C11H16Cl2N2O3S. The topological polar surface area (TPSA) is 78.4 Å². The van der Waals surface area contributed by atoms with E-state index in [1.165, 1.54) is 0 Å². The molecule has 0 amide bonds. The molecule has 0 bridgehead atoms. The Morgan fingerprint density at radius 1 is 1.32 bits per heavy atom. The number of benzene rings is 1. The zero-order chi connectivity index (χ0) is 14.5.